The smallest absolute Gasteiger partial charge is 0.252 e. The van der Waals surface area contributed by atoms with E-state index >= 15 is 0 Å². The maximum Gasteiger partial charge on any atom is 0.252 e. The van der Waals surface area contributed by atoms with Crippen molar-refractivity contribution in [3.63, 3.8) is 0 Å². The largest absolute Gasteiger partial charge is 0.385 e. The van der Waals surface area contributed by atoms with Crippen molar-refractivity contribution in [2.24, 2.45) is 5.14 Å². The standard InChI is InChI=1S/C13H23N3O5S3/c1-9(2)15-11-8-16(5-4-6-21-3)24(19,20)13-10(11)7-12(22-13)23(14,17)18/h7,9,11,15H,4-6,8H2,1-3H3,(H2,14,17,18)/t11-/m0/s1. The van der Waals surface area contributed by atoms with Crippen molar-refractivity contribution in [1.82, 2.24) is 9.62 Å². The van der Waals surface area contributed by atoms with Crippen molar-refractivity contribution >= 4 is 31.4 Å². The zero-order valence-corrected chi connectivity index (χ0v) is 16.3. The van der Waals surface area contributed by atoms with E-state index in [4.69, 9.17) is 9.88 Å². The van der Waals surface area contributed by atoms with Crippen LogP contribution in [0, 0.1) is 0 Å². The first-order chi connectivity index (χ1) is 11.1. The van der Waals surface area contributed by atoms with E-state index in [1.54, 1.807) is 7.11 Å². The Morgan fingerprint density at radius 3 is 2.71 bits per heavy atom. The molecule has 0 aromatic carbocycles. The first-order valence-corrected chi connectivity index (χ1v) is 11.3. The summed E-state index contributed by atoms with van der Waals surface area (Å²) in [5.74, 6) is 0. The summed E-state index contributed by atoms with van der Waals surface area (Å²) in [5, 5.41) is 8.47. The van der Waals surface area contributed by atoms with Crippen LogP contribution in [0.3, 0.4) is 0 Å². The molecule has 0 bridgehead atoms. The summed E-state index contributed by atoms with van der Waals surface area (Å²) in [4.78, 5) is 0. The predicted octanol–water partition coefficient (Wildman–Crippen LogP) is 0.475. The van der Waals surface area contributed by atoms with Crippen LogP contribution < -0.4 is 10.5 Å². The Morgan fingerprint density at radius 1 is 1.50 bits per heavy atom. The molecule has 1 aliphatic heterocycles. The van der Waals surface area contributed by atoms with Gasteiger partial charge in [0.05, 0.1) is 0 Å². The SMILES string of the molecule is COCCCN1C[C@H](NC(C)C)c2cc(S(N)(=O)=O)sc2S1(=O)=O. The van der Waals surface area contributed by atoms with Gasteiger partial charge in [0.25, 0.3) is 10.0 Å². The average Bonchev–Trinajstić information content (AvgIpc) is 2.90. The molecule has 1 aromatic heterocycles. The van der Waals surface area contributed by atoms with E-state index in [1.807, 2.05) is 13.8 Å². The van der Waals surface area contributed by atoms with Crippen molar-refractivity contribution < 1.29 is 21.6 Å². The Kier molecular flexibility index (Phi) is 6.06. The van der Waals surface area contributed by atoms with E-state index in [9.17, 15) is 16.8 Å². The molecule has 0 saturated carbocycles. The highest BCUT2D eigenvalue weighted by atomic mass is 32.3. The fourth-order valence-corrected chi connectivity index (χ4v) is 6.92. The zero-order valence-electron chi connectivity index (χ0n) is 13.9. The van der Waals surface area contributed by atoms with Crippen LogP contribution in [-0.4, -0.2) is 54.0 Å². The molecule has 24 heavy (non-hydrogen) atoms. The lowest BCUT2D eigenvalue weighted by atomic mass is 10.1. The van der Waals surface area contributed by atoms with E-state index in [2.05, 4.69) is 5.32 Å². The van der Waals surface area contributed by atoms with Gasteiger partial charge in [-0.25, -0.2) is 22.0 Å². The van der Waals surface area contributed by atoms with Gasteiger partial charge in [0.2, 0.25) is 10.0 Å². The summed E-state index contributed by atoms with van der Waals surface area (Å²) < 4.78 is 55.1. The minimum absolute atomic E-state index is 0.0494. The number of nitrogens with one attached hydrogen (secondary N) is 1. The number of methoxy groups -OCH3 is 1. The first kappa shape index (κ1) is 19.8. The molecule has 11 heteroatoms. The third-order valence-corrected chi connectivity index (χ3v) is 8.57. The van der Waals surface area contributed by atoms with Crippen LogP contribution in [-0.2, 0) is 24.8 Å². The Labute approximate surface area is 147 Å². The highest BCUT2D eigenvalue weighted by Gasteiger charge is 2.39. The molecule has 3 N–H and O–H groups in total. The molecule has 2 rings (SSSR count). The van der Waals surface area contributed by atoms with Crippen molar-refractivity contribution in [3.05, 3.63) is 11.6 Å². The molecule has 0 fully saturated rings. The fraction of sp³-hybridized carbons (Fsp3) is 0.692. The second-order valence-corrected chi connectivity index (χ2v) is 10.9. The molecule has 1 atom stereocenters. The average molecular weight is 398 g/mol. The Hall–Kier alpha value is -0.560. The zero-order chi connectivity index (χ0) is 18.1. The highest BCUT2D eigenvalue weighted by molar-refractivity contribution is 7.94. The van der Waals surface area contributed by atoms with E-state index < -0.39 is 20.0 Å². The minimum atomic E-state index is -3.95. The van der Waals surface area contributed by atoms with Gasteiger partial charge in [-0.1, -0.05) is 13.8 Å². The van der Waals surface area contributed by atoms with E-state index in [-0.39, 0.29) is 27.0 Å². The number of thiophene rings is 1. The van der Waals surface area contributed by atoms with Gasteiger partial charge in [-0.05, 0) is 12.5 Å². The van der Waals surface area contributed by atoms with E-state index in [1.165, 1.54) is 10.4 Å². The van der Waals surface area contributed by atoms with Gasteiger partial charge >= 0.3 is 0 Å². The van der Waals surface area contributed by atoms with Crippen LogP contribution in [0.1, 0.15) is 31.9 Å². The van der Waals surface area contributed by atoms with Gasteiger partial charge in [-0.2, -0.15) is 4.31 Å². The third kappa shape index (κ3) is 4.15. The number of fused-ring (bicyclic) bond motifs is 1. The van der Waals surface area contributed by atoms with Crippen molar-refractivity contribution in [1.29, 1.82) is 0 Å². The predicted molar refractivity (Wildman–Crippen MR) is 92.0 cm³/mol. The number of nitrogens with zero attached hydrogens (tertiary/aromatic N) is 1. The molecule has 0 amide bonds. The lowest BCUT2D eigenvalue weighted by Crippen LogP contribution is -2.45. The molecular formula is C13H23N3O5S3. The Morgan fingerprint density at radius 2 is 2.17 bits per heavy atom. The maximum atomic E-state index is 12.8. The van der Waals surface area contributed by atoms with Crippen molar-refractivity contribution in [3.8, 4) is 0 Å². The molecule has 0 aliphatic carbocycles. The van der Waals surface area contributed by atoms with E-state index in [0.29, 0.717) is 36.5 Å². The summed E-state index contributed by atoms with van der Waals surface area (Å²) in [6, 6.07) is 1.21. The molecule has 0 radical (unpaired) electrons. The van der Waals surface area contributed by atoms with Crippen LogP contribution in [0.2, 0.25) is 0 Å². The van der Waals surface area contributed by atoms with Crippen LogP contribution >= 0.6 is 11.3 Å². The Balaban J connectivity index is 2.46. The molecule has 1 aromatic rings. The summed E-state index contributed by atoms with van der Waals surface area (Å²) in [6.07, 6.45) is 0.562. The molecular weight excluding hydrogens is 374 g/mol. The number of primary sulfonamides is 1. The monoisotopic (exact) mass is 397 g/mol. The number of ether oxygens (including phenoxy) is 1. The molecule has 138 valence electrons. The number of rotatable bonds is 7. The summed E-state index contributed by atoms with van der Waals surface area (Å²) >= 11 is 0.709. The molecule has 0 spiro atoms. The van der Waals surface area contributed by atoms with Gasteiger partial charge in [0, 0.05) is 44.5 Å². The first-order valence-electron chi connectivity index (χ1n) is 7.49. The van der Waals surface area contributed by atoms with Crippen LogP contribution in [0.15, 0.2) is 14.5 Å². The number of hydrogen-bond donors (Lipinski definition) is 2. The number of nitrogens with two attached hydrogens (primary N) is 1. The maximum absolute atomic E-state index is 12.8. The minimum Gasteiger partial charge on any atom is -0.385 e. The van der Waals surface area contributed by atoms with Gasteiger partial charge in [0.1, 0.15) is 8.42 Å². The summed E-state index contributed by atoms with van der Waals surface area (Å²) in [6.45, 7) is 4.91. The third-order valence-electron chi connectivity index (χ3n) is 3.61. The lowest BCUT2D eigenvalue weighted by Gasteiger charge is -2.33. The number of hydrogen-bond acceptors (Lipinski definition) is 7. The van der Waals surface area contributed by atoms with Crippen LogP contribution in [0.25, 0.3) is 0 Å². The van der Waals surface area contributed by atoms with Crippen LogP contribution in [0.5, 0.6) is 0 Å². The number of sulfonamides is 2. The fourth-order valence-electron chi connectivity index (χ4n) is 2.61. The van der Waals surface area contributed by atoms with Gasteiger partial charge in [-0.3, -0.25) is 0 Å². The Bertz CT molecular complexity index is 786. The second kappa shape index (κ2) is 7.36. The topological polar surface area (TPSA) is 119 Å². The molecule has 2 heterocycles. The highest BCUT2D eigenvalue weighted by Crippen LogP contribution is 2.40. The molecule has 8 nitrogen and oxygen atoms in total. The van der Waals surface area contributed by atoms with Crippen molar-refractivity contribution in [2.75, 3.05) is 26.8 Å². The van der Waals surface area contributed by atoms with Gasteiger partial charge in [0.15, 0.2) is 0 Å². The molecule has 0 saturated heterocycles. The van der Waals surface area contributed by atoms with Crippen molar-refractivity contribution in [2.45, 2.75) is 40.8 Å². The summed E-state index contributed by atoms with van der Waals surface area (Å²) in [5.41, 5.74) is 0.473. The molecule has 1 aliphatic rings. The summed E-state index contributed by atoms with van der Waals surface area (Å²) in [7, 11) is -6.13. The second-order valence-electron chi connectivity index (χ2n) is 5.94. The van der Waals surface area contributed by atoms with Gasteiger partial charge < -0.3 is 10.1 Å². The lowest BCUT2D eigenvalue weighted by molar-refractivity contribution is 0.184. The van der Waals surface area contributed by atoms with Crippen LogP contribution in [0.4, 0.5) is 0 Å². The molecule has 0 unspecified atom stereocenters. The normalized spacial score (nSPS) is 21.1. The van der Waals surface area contributed by atoms with Gasteiger partial charge in [-0.15, -0.1) is 11.3 Å². The quantitative estimate of drug-likeness (QED) is 0.646. The van der Waals surface area contributed by atoms with E-state index in [0.717, 1.165) is 0 Å².